The highest BCUT2D eigenvalue weighted by molar-refractivity contribution is 5.74. The Bertz CT molecular complexity index is 2040. The molecule has 0 spiro atoms. The van der Waals surface area contributed by atoms with Crippen LogP contribution in [0.3, 0.4) is 0 Å². The van der Waals surface area contributed by atoms with Crippen molar-refractivity contribution >= 4 is 24.0 Å². The van der Waals surface area contributed by atoms with Crippen LogP contribution in [0.5, 0.6) is 0 Å². The van der Waals surface area contributed by atoms with Crippen LogP contribution in [0.1, 0.15) is 80.3 Å². The lowest BCUT2D eigenvalue weighted by molar-refractivity contribution is -0.302. The molecule has 6 heterocycles. The zero-order valence-electron chi connectivity index (χ0n) is 39.4. The largest absolute Gasteiger partial charge is 0.458 e. The number of cyclic esters (lactones) is 1. The van der Waals surface area contributed by atoms with Crippen molar-refractivity contribution in [3.8, 4) is 11.4 Å². The van der Waals surface area contributed by atoms with Crippen molar-refractivity contribution in [2.45, 2.75) is 141 Å². The molecule has 0 radical (unpaired) electrons. The molecule has 2 aromatic heterocycles. The lowest BCUT2D eigenvalue weighted by Gasteiger charge is -2.49. The molecule has 5 N–H and O–H groups in total. The number of ether oxygens (including phenoxy) is 7. The number of likely N-dealkylation sites (N-methyl/N-ethyl adjacent to an activating group) is 1. The number of aromatic nitrogens is 3. The number of esters is 1. The summed E-state index contributed by atoms with van der Waals surface area (Å²) >= 11 is 0. The summed E-state index contributed by atoms with van der Waals surface area (Å²) in [6, 6.07) is 4.25. The van der Waals surface area contributed by atoms with Crippen LogP contribution in [0.25, 0.3) is 11.4 Å². The number of hydrogen-bond acceptors (Lipinski definition) is 16. The van der Waals surface area contributed by atoms with E-state index in [1.165, 1.54) is 0 Å². The number of nitrogens with two attached hydrogens (primary N) is 1. The monoisotopic (exact) mass is 908 g/mol. The maximum Gasteiger partial charge on any atom is 0.408 e. The number of nitrogens with zero attached hydrogens (tertiary/aromatic N) is 4. The SMILES string of the molecule is C=C1COC2[C@@H](C)C(=O)O[C@H](CC)[C@@]3(C)OC(=O)NC3[C@@H](C)/C(=C/COC(=O)NCc3ccc(-c4ncccn4)c(N)n3)[C@H](C)C[C@@](C)(OC1)[C@H](OC1O[C@H](C)C[C@H](N(C)C)[C@H]1O)[C@H]2C. The Hall–Kier alpha value is -4.72. The van der Waals surface area contributed by atoms with Gasteiger partial charge in [0.2, 0.25) is 0 Å². The molecule has 18 heteroatoms. The van der Waals surface area contributed by atoms with Gasteiger partial charge < -0.3 is 59.5 Å². The van der Waals surface area contributed by atoms with E-state index in [1.54, 1.807) is 44.4 Å². The first-order valence-electron chi connectivity index (χ1n) is 22.7. The maximum absolute atomic E-state index is 14.4. The Morgan fingerprint density at radius 2 is 1.83 bits per heavy atom. The summed E-state index contributed by atoms with van der Waals surface area (Å²) < 4.78 is 44.9. The number of carbonyl (C=O) groups excluding carboxylic acids is 3. The average Bonchev–Trinajstić information content (AvgIpc) is 3.60. The zero-order chi connectivity index (χ0) is 47.4. The highest BCUT2D eigenvalue weighted by Gasteiger charge is 2.57. The first-order valence-corrected chi connectivity index (χ1v) is 22.7. The molecule has 6 rings (SSSR count). The number of aliphatic hydroxyl groups is 1. The molecule has 0 aromatic carbocycles. The van der Waals surface area contributed by atoms with Crippen LogP contribution in [0, 0.1) is 23.7 Å². The number of carbonyl (C=O) groups is 3. The fourth-order valence-electron chi connectivity index (χ4n) is 10.2. The van der Waals surface area contributed by atoms with E-state index in [1.807, 2.05) is 66.6 Å². The topological polar surface area (TPSA) is 228 Å². The molecule has 18 nitrogen and oxygen atoms in total. The Morgan fingerprint density at radius 3 is 2.51 bits per heavy atom. The molecule has 0 aliphatic carbocycles. The van der Waals surface area contributed by atoms with Crippen molar-refractivity contribution in [2.75, 3.05) is 39.6 Å². The van der Waals surface area contributed by atoms with E-state index in [-0.39, 0.29) is 50.2 Å². The van der Waals surface area contributed by atoms with Crippen molar-refractivity contribution in [1.82, 2.24) is 30.5 Å². The lowest BCUT2D eigenvalue weighted by atomic mass is 9.71. The summed E-state index contributed by atoms with van der Waals surface area (Å²) in [5.74, 6) is -2.00. The Balaban J connectivity index is 1.35. The molecule has 2 aromatic rings. The normalized spacial score (nSPS) is 36.6. The number of pyridine rings is 1. The van der Waals surface area contributed by atoms with Gasteiger partial charge in [-0.3, -0.25) is 4.79 Å². The van der Waals surface area contributed by atoms with Crippen LogP contribution in [-0.4, -0.2) is 137 Å². The zero-order valence-corrected chi connectivity index (χ0v) is 39.4. The van der Waals surface area contributed by atoms with Gasteiger partial charge >= 0.3 is 18.2 Å². The Kier molecular flexibility index (Phi) is 15.9. The van der Waals surface area contributed by atoms with E-state index in [0.717, 1.165) is 5.57 Å². The predicted molar refractivity (Wildman–Crippen MR) is 240 cm³/mol. The third-order valence-electron chi connectivity index (χ3n) is 13.6. The minimum atomic E-state index is -1.29. The minimum absolute atomic E-state index is 0.0423. The molecule has 4 saturated heterocycles. The second kappa shape index (κ2) is 20.8. The van der Waals surface area contributed by atoms with E-state index >= 15 is 0 Å². The third-order valence-corrected chi connectivity index (χ3v) is 13.6. The number of aliphatic hydroxyl groups excluding tert-OH is 1. The summed E-state index contributed by atoms with van der Waals surface area (Å²) in [6.07, 6.45) is 0.313. The molecular formula is C47H69N7O11. The summed E-state index contributed by atoms with van der Waals surface area (Å²) in [7, 11) is 3.83. The first-order chi connectivity index (χ1) is 30.8. The van der Waals surface area contributed by atoms with Gasteiger partial charge in [0.05, 0.1) is 66.9 Å². The quantitative estimate of drug-likeness (QED) is 0.148. The van der Waals surface area contributed by atoms with E-state index in [2.05, 4.69) is 32.2 Å². The van der Waals surface area contributed by atoms with Crippen molar-refractivity contribution in [1.29, 1.82) is 0 Å². The summed E-state index contributed by atoms with van der Waals surface area (Å²) in [4.78, 5) is 55.7. The number of alkyl carbamates (subject to hydrolysis) is 2. The van der Waals surface area contributed by atoms with Crippen LogP contribution in [0.4, 0.5) is 15.4 Å². The van der Waals surface area contributed by atoms with Gasteiger partial charge in [-0.25, -0.2) is 24.5 Å². The number of fused-ring (bicyclic) bond motifs is 4. The standard InChI is InChI=1S/C47H69N7O11/c1-12-35-47(9)38(53-45(58)65-47)28(5)32(16-19-59-44(57)51-22-31-14-15-33(40(48)52-31)41-49-17-13-18-50-41)26(3)21-46(8)39(64-43-36(55)34(54(10)11)20-27(4)62-43)29(6)37(30(7)42(56)63-35)60-23-25(2)24-61-46/h13-18,26-30,34-39,43,55H,2,12,19-24H2,1,3-11H3,(H2,48,52)(H,51,57)(H,53,58)/b32-16+/t26-,27-,28+,29+,30-,34+,35-,36-,37?,38?,39-,43?,46-,47-/m1/s1. The van der Waals surface area contributed by atoms with E-state index in [9.17, 15) is 19.5 Å². The number of nitrogens with one attached hydrogen (secondary N) is 2. The van der Waals surface area contributed by atoms with Gasteiger partial charge in [-0.2, -0.15) is 0 Å². The number of amides is 2. The van der Waals surface area contributed by atoms with Gasteiger partial charge in [0.15, 0.2) is 17.7 Å². The van der Waals surface area contributed by atoms with Gasteiger partial charge in [0, 0.05) is 30.3 Å². The van der Waals surface area contributed by atoms with Gasteiger partial charge in [-0.1, -0.05) is 39.8 Å². The maximum atomic E-state index is 14.4. The Morgan fingerprint density at radius 1 is 1.11 bits per heavy atom. The van der Waals surface area contributed by atoms with Gasteiger partial charge in [-0.15, -0.1) is 0 Å². The smallest absolute Gasteiger partial charge is 0.408 e. The number of nitrogen functional groups attached to an aromatic ring is 1. The number of anilines is 1. The van der Waals surface area contributed by atoms with Crippen molar-refractivity contribution in [2.24, 2.45) is 23.7 Å². The minimum Gasteiger partial charge on any atom is -0.458 e. The summed E-state index contributed by atoms with van der Waals surface area (Å²) in [6.45, 7) is 19.7. The molecule has 4 aliphatic rings. The first kappa shape index (κ1) is 49.7. The molecule has 0 saturated carbocycles. The van der Waals surface area contributed by atoms with Gasteiger partial charge in [0.25, 0.3) is 0 Å². The molecule has 65 heavy (non-hydrogen) atoms. The highest BCUT2D eigenvalue weighted by Crippen LogP contribution is 2.44. The molecule has 4 fully saturated rings. The van der Waals surface area contributed by atoms with Crippen LogP contribution >= 0.6 is 0 Å². The van der Waals surface area contributed by atoms with Crippen molar-refractivity contribution in [3.05, 3.63) is 60.1 Å². The average molecular weight is 908 g/mol. The molecule has 4 aliphatic heterocycles. The molecule has 358 valence electrons. The fraction of sp³-hybridized carbons (Fsp3) is 0.660. The van der Waals surface area contributed by atoms with E-state index in [4.69, 9.17) is 38.9 Å². The third kappa shape index (κ3) is 11.1. The van der Waals surface area contributed by atoms with E-state index < -0.39 is 83.9 Å². The van der Waals surface area contributed by atoms with Crippen molar-refractivity contribution < 1.29 is 52.6 Å². The van der Waals surface area contributed by atoms with Crippen LogP contribution < -0.4 is 16.4 Å². The van der Waals surface area contributed by atoms with Crippen LogP contribution in [0.2, 0.25) is 0 Å². The lowest BCUT2D eigenvalue weighted by Crippen LogP contribution is -2.60. The molecule has 2 amide bonds. The molecule has 2 bridgehead atoms. The Labute approximate surface area is 382 Å². The summed E-state index contributed by atoms with van der Waals surface area (Å²) in [5, 5.41) is 17.5. The van der Waals surface area contributed by atoms with Gasteiger partial charge in [0.1, 0.15) is 24.6 Å². The summed E-state index contributed by atoms with van der Waals surface area (Å²) in [5.41, 5.74) is 6.35. The fourth-order valence-corrected chi connectivity index (χ4v) is 10.2. The second-order valence-electron chi connectivity index (χ2n) is 18.8. The van der Waals surface area contributed by atoms with Gasteiger partial charge in [-0.05, 0) is 96.8 Å². The molecule has 14 atom stereocenters. The van der Waals surface area contributed by atoms with Crippen LogP contribution in [0.15, 0.2) is 54.4 Å². The predicted octanol–water partition coefficient (Wildman–Crippen LogP) is 4.95. The van der Waals surface area contributed by atoms with Crippen molar-refractivity contribution in [3.63, 3.8) is 0 Å². The highest BCUT2D eigenvalue weighted by atomic mass is 16.7. The molecule has 3 unspecified atom stereocenters. The number of hydrogen-bond donors (Lipinski definition) is 4. The second-order valence-corrected chi connectivity index (χ2v) is 18.8. The molecular weight excluding hydrogens is 839 g/mol. The van der Waals surface area contributed by atoms with E-state index in [0.29, 0.717) is 41.9 Å². The number of rotatable bonds is 9. The van der Waals surface area contributed by atoms with Crippen LogP contribution in [-0.2, 0) is 44.5 Å².